The van der Waals surface area contributed by atoms with E-state index in [0.29, 0.717) is 0 Å². The first kappa shape index (κ1) is 7.39. The summed E-state index contributed by atoms with van der Waals surface area (Å²) in [6.45, 7) is 2.17. The van der Waals surface area contributed by atoms with Gasteiger partial charge in [-0.05, 0) is 31.0 Å². The molecule has 0 radical (unpaired) electrons. The van der Waals surface area contributed by atoms with Crippen molar-refractivity contribution in [3.8, 4) is 0 Å². The first-order valence-electron chi connectivity index (χ1n) is 4.93. The van der Waals surface area contributed by atoms with Crippen LogP contribution >= 0.6 is 0 Å². The molecule has 1 N–H and O–H groups in total. The molecule has 1 aliphatic carbocycles. The molecular weight excluding hydrogens is 162 g/mol. The predicted octanol–water partition coefficient (Wildman–Crippen LogP) is 1.97. The maximum atomic E-state index is 5.44. The van der Waals surface area contributed by atoms with Crippen LogP contribution in [-0.4, -0.2) is 13.1 Å². The van der Waals surface area contributed by atoms with Crippen molar-refractivity contribution in [3.05, 3.63) is 29.2 Å². The molecule has 0 aromatic carbocycles. The fraction of sp³-hybridized carbons (Fsp3) is 0.455. The zero-order valence-electron chi connectivity index (χ0n) is 7.60. The first-order chi connectivity index (χ1) is 6.45. The molecule has 2 heterocycles. The van der Waals surface area contributed by atoms with Crippen molar-refractivity contribution in [1.29, 1.82) is 0 Å². The van der Waals surface area contributed by atoms with Crippen LogP contribution in [0.1, 0.15) is 24.2 Å². The van der Waals surface area contributed by atoms with Gasteiger partial charge < -0.3 is 9.73 Å². The van der Waals surface area contributed by atoms with Crippen LogP contribution in [0, 0.1) is 0 Å². The summed E-state index contributed by atoms with van der Waals surface area (Å²) in [5.41, 5.74) is 4.50. The third-order valence-corrected chi connectivity index (χ3v) is 3.06. The predicted molar refractivity (Wildman–Crippen MR) is 51.4 cm³/mol. The lowest BCUT2D eigenvalue weighted by atomic mass is 9.86. The number of rotatable bonds is 0. The Hall–Kier alpha value is -1.02. The van der Waals surface area contributed by atoms with Crippen molar-refractivity contribution < 1.29 is 4.42 Å². The SMILES string of the molecule is c1cc2c(o1)CCC1=C2CNCC1. The average molecular weight is 175 g/mol. The van der Waals surface area contributed by atoms with Gasteiger partial charge in [-0.25, -0.2) is 0 Å². The molecule has 0 atom stereocenters. The number of hydrogen-bond acceptors (Lipinski definition) is 2. The standard InChI is InChI=1S/C11H13NO/c1-2-11-9(4-6-13-11)10-7-12-5-3-8(1)10/h4,6,12H,1-3,5,7H2. The van der Waals surface area contributed by atoms with E-state index in [0.717, 1.165) is 19.5 Å². The van der Waals surface area contributed by atoms with Crippen molar-refractivity contribution in [2.45, 2.75) is 19.3 Å². The topological polar surface area (TPSA) is 25.2 Å². The summed E-state index contributed by atoms with van der Waals surface area (Å²) in [7, 11) is 0. The molecule has 0 saturated heterocycles. The summed E-state index contributed by atoms with van der Waals surface area (Å²) in [5, 5.41) is 3.42. The molecule has 0 fully saturated rings. The summed E-state index contributed by atoms with van der Waals surface area (Å²) >= 11 is 0. The van der Waals surface area contributed by atoms with Crippen LogP contribution < -0.4 is 5.32 Å². The second-order valence-corrected chi connectivity index (χ2v) is 3.77. The zero-order valence-corrected chi connectivity index (χ0v) is 7.60. The molecule has 0 amide bonds. The van der Waals surface area contributed by atoms with Gasteiger partial charge in [0.2, 0.25) is 0 Å². The molecule has 0 saturated carbocycles. The molecular formula is C11H13NO. The second kappa shape index (κ2) is 2.74. The van der Waals surface area contributed by atoms with Crippen molar-refractivity contribution in [2.75, 3.05) is 13.1 Å². The molecule has 1 aromatic heterocycles. The van der Waals surface area contributed by atoms with Crippen LogP contribution in [0.25, 0.3) is 5.57 Å². The number of hydrogen-bond donors (Lipinski definition) is 1. The van der Waals surface area contributed by atoms with E-state index in [2.05, 4.69) is 11.4 Å². The number of fused-ring (bicyclic) bond motifs is 2. The van der Waals surface area contributed by atoms with E-state index >= 15 is 0 Å². The van der Waals surface area contributed by atoms with E-state index in [9.17, 15) is 0 Å². The van der Waals surface area contributed by atoms with E-state index in [4.69, 9.17) is 4.42 Å². The first-order valence-corrected chi connectivity index (χ1v) is 4.93. The minimum Gasteiger partial charge on any atom is -0.469 e. The van der Waals surface area contributed by atoms with Gasteiger partial charge in [-0.15, -0.1) is 0 Å². The Balaban J connectivity index is 2.12. The Bertz CT molecular complexity index is 362. The molecule has 0 spiro atoms. The van der Waals surface area contributed by atoms with E-state index in [1.807, 2.05) is 6.26 Å². The van der Waals surface area contributed by atoms with Gasteiger partial charge in [-0.2, -0.15) is 0 Å². The molecule has 2 nitrogen and oxygen atoms in total. The Morgan fingerprint density at radius 2 is 2.23 bits per heavy atom. The van der Waals surface area contributed by atoms with Gasteiger partial charge in [-0.1, -0.05) is 5.57 Å². The lowest BCUT2D eigenvalue weighted by molar-refractivity contribution is 0.499. The number of aryl methyl sites for hydroxylation is 1. The molecule has 0 unspecified atom stereocenters. The van der Waals surface area contributed by atoms with Gasteiger partial charge in [0.25, 0.3) is 0 Å². The smallest absolute Gasteiger partial charge is 0.111 e. The third kappa shape index (κ3) is 1.05. The molecule has 1 aliphatic heterocycles. The van der Waals surface area contributed by atoms with Crippen LogP contribution in [0.15, 0.2) is 22.3 Å². The Morgan fingerprint density at radius 1 is 1.23 bits per heavy atom. The quantitative estimate of drug-likeness (QED) is 0.652. The highest BCUT2D eigenvalue weighted by molar-refractivity contribution is 5.73. The van der Waals surface area contributed by atoms with Crippen LogP contribution in [0.2, 0.25) is 0 Å². The third-order valence-electron chi connectivity index (χ3n) is 3.06. The number of nitrogens with one attached hydrogen (secondary N) is 1. The van der Waals surface area contributed by atoms with Gasteiger partial charge in [0.05, 0.1) is 6.26 Å². The molecule has 2 aliphatic rings. The molecule has 3 rings (SSSR count). The van der Waals surface area contributed by atoms with Gasteiger partial charge in [-0.3, -0.25) is 0 Å². The molecule has 68 valence electrons. The minimum absolute atomic E-state index is 1.03. The maximum absolute atomic E-state index is 5.44. The summed E-state index contributed by atoms with van der Waals surface area (Å²) in [4.78, 5) is 0. The van der Waals surface area contributed by atoms with Gasteiger partial charge in [0, 0.05) is 18.5 Å². The van der Waals surface area contributed by atoms with Gasteiger partial charge in [0.1, 0.15) is 5.76 Å². The fourth-order valence-electron chi connectivity index (χ4n) is 2.36. The minimum atomic E-state index is 1.03. The molecule has 13 heavy (non-hydrogen) atoms. The Morgan fingerprint density at radius 3 is 3.23 bits per heavy atom. The monoisotopic (exact) mass is 175 g/mol. The lowest BCUT2D eigenvalue weighted by Gasteiger charge is -2.24. The van der Waals surface area contributed by atoms with Crippen molar-refractivity contribution >= 4 is 5.57 Å². The van der Waals surface area contributed by atoms with E-state index < -0.39 is 0 Å². The normalized spacial score (nSPS) is 21.2. The lowest BCUT2D eigenvalue weighted by Crippen LogP contribution is -2.26. The number of furan rings is 1. The van der Waals surface area contributed by atoms with Crippen molar-refractivity contribution in [2.24, 2.45) is 0 Å². The van der Waals surface area contributed by atoms with Crippen molar-refractivity contribution in [3.63, 3.8) is 0 Å². The highest BCUT2D eigenvalue weighted by Crippen LogP contribution is 2.34. The Labute approximate surface area is 77.6 Å². The highest BCUT2D eigenvalue weighted by Gasteiger charge is 2.22. The second-order valence-electron chi connectivity index (χ2n) is 3.77. The van der Waals surface area contributed by atoms with Crippen LogP contribution in [0.3, 0.4) is 0 Å². The summed E-state index contributed by atoms with van der Waals surface area (Å²) in [5.74, 6) is 1.18. The summed E-state index contributed by atoms with van der Waals surface area (Å²) < 4.78 is 5.44. The fourth-order valence-corrected chi connectivity index (χ4v) is 2.36. The van der Waals surface area contributed by atoms with E-state index in [1.165, 1.54) is 29.7 Å². The summed E-state index contributed by atoms with van der Waals surface area (Å²) in [6, 6.07) is 2.11. The van der Waals surface area contributed by atoms with Crippen molar-refractivity contribution in [1.82, 2.24) is 5.32 Å². The molecule has 0 bridgehead atoms. The largest absolute Gasteiger partial charge is 0.469 e. The summed E-state index contributed by atoms with van der Waals surface area (Å²) in [6.07, 6.45) is 5.34. The zero-order chi connectivity index (χ0) is 8.67. The van der Waals surface area contributed by atoms with Crippen LogP contribution in [0.5, 0.6) is 0 Å². The van der Waals surface area contributed by atoms with Crippen LogP contribution in [-0.2, 0) is 6.42 Å². The van der Waals surface area contributed by atoms with Gasteiger partial charge >= 0.3 is 0 Å². The Kier molecular flexibility index (Phi) is 1.56. The average Bonchev–Trinajstić information content (AvgIpc) is 2.65. The van der Waals surface area contributed by atoms with E-state index in [-0.39, 0.29) is 0 Å². The maximum Gasteiger partial charge on any atom is 0.111 e. The van der Waals surface area contributed by atoms with E-state index in [1.54, 1.807) is 5.57 Å². The molecule has 1 aromatic rings. The highest BCUT2D eigenvalue weighted by atomic mass is 16.3. The van der Waals surface area contributed by atoms with Gasteiger partial charge in [0.15, 0.2) is 0 Å². The van der Waals surface area contributed by atoms with Crippen LogP contribution in [0.4, 0.5) is 0 Å². The molecule has 2 heteroatoms.